The molecule has 0 saturated carbocycles. The van der Waals surface area contributed by atoms with Gasteiger partial charge in [-0.15, -0.1) is 0 Å². The molecule has 0 aromatic carbocycles. The number of carbonyl (C=O) groups is 1. The van der Waals surface area contributed by atoms with E-state index in [1.807, 2.05) is 54.3 Å². The van der Waals surface area contributed by atoms with Gasteiger partial charge in [0.1, 0.15) is 6.10 Å². The zero-order chi connectivity index (χ0) is 15.4. The van der Waals surface area contributed by atoms with Crippen molar-refractivity contribution in [2.24, 2.45) is 18.9 Å². The third-order valence-electron chi connectivity index (χ3n) is 4.18. The van der Waals surface area contributed by atoms with Gasteiger partial charge in [0.15, 0.2) is 0 Å². The fourth-order valence-corrected chi connectivity index (χ4v) is 2.92. The van der Waals surface area contributed by atoms with Crippen LogP contribution in [0, 0.1) is 11.8 Å². The third-order valence-corrected chi connectivity index (χ3v) is 4.18. The van der Waals surface area contributed by atoms with Gasteiger partial charge < -0.3 is 10.1 Å². The number of ether oxygens (including phenoxy) is 1. The van der Waals surface area contributed by atoms with Crippen molar-refractivity contribution in [3.8, 4) is 0 Å². The molecular weight excluding hydrogens is 278 g/mol. The van der Waals surface area contributed by atoms with Gasteiger partial charge in [-0.25, -0.2) is 0 Å². The number of rotatable bonds is 4. The quantitative estimate of drug-likeness (QED) is 0.924. The van der Waals surface area contributed by atoms with Crippen LogP contribution in [0.15, 0.2) is 48.7 Å². The fraction of sp³-hybridized carbons (Fsp3) is 0.412. The van der Waals surface area contributed by atoms with Crippen molar-refractivity contribution in [1.29, 1.82) is 0 Å². The number of hydrogen-bond acceptors (Lipinski definition) is 3. The van der Waals surface area contributed by atoms with Crippen molar-refractivity contribution < 1.29 is 9.53 Å². The minimum Gasteiger partial charge on any atom is -0.372 e. The number of nitrogens with zero attached hydrogens (tertiary/aromatic N) is 2. The minimum absolute atomic E-state index is 0.00897. The van der Waals surface area contributed by atoms with Gasteiger partial charge in [0.2, 0.25) is 5.91 Å². The van der Waals surface area contributed by atoms with E-state index in [2.05, 4.69) is 10.4 Å². The summed E-state index contributed by atoms with van der Waals surface area (Å²) in [5, 5.41) is 7.25. The third kappa shape index (κ3) is 3.20. The second-order valence-corrected chi connectivity index (χ2v) is 5.65. The summed E-state index contributed by atoms with van der Waals surface area (Å²) >= 11 is 0. The Labute approximate surface area is 130 Å². The van der Waals surface area contributed by atoms with Gasteiger partial charge in [-0.2, -0.15) is 5.10 Å². The average Bonchev–Trinajstić information content (AvgIpc) is 3.04. The van der Waals surface area contributed by atoms with Crippen LogP contribution in [-0.4, -0.2) is 28.8 Å². The summed E-state index contributed by atoms with van der Waals surface area (Å²) in [6.45, 7) is 1.35. The van der Waals surface area contributed by atoms with Crippen molar-refractivity contribution >= 4 is 5.91 Å². The molecule has 0 unspecified atom stereocenters. The summed E-state index contributed by atoms with van der Waals surface area (Å²) in [4.78, 5) is 12.3. The maximum Gasteiger partial charge on any atom is 0.230 e. The van der Waals surface area contributed by atoms with Crippen molar-refractivity contribution in [2.45, 2.75) is 12.5 Å². The van der Waals surface area contributed by atoms with Crippen LogP contribution in [0.4, 0.5) is 0 Å². The van der Waals surface area contributed by atoms with E-state index in [-0.39, 0.29) is 23.8 Å². The highest BCUT2D eigenvalue weighted by Gasteiger charge is 2.32. The predicted molar refractivity (Wildman–Crippen MR) is 83.9 cm³/mol. The van der Waals surface area contributed by atoms with Crippen molar-refractivity contribution in [2.75, 3.05) is 13.2 Å². The Balaban J connectivity index is 1.59. The molecule has 1 aromatic heterocycles. The molecule has 3 rings (SSSR count). The summed E-state index contributed by atoms with van der Waals surface area (Å²) in [5.74, 6) is 0.121. The zero-order valence-corrected chi connectivity index (χ0v) is 12.7. The Kier molecular flexibility index (Phi) is 4.53. The standard InChI is InChI=1S/C17H21N3O2/c1-20-15(8-10-19-20)16-14(9-11-22-16)12-18-17(21)13-6-4-2-3-5-7-13/h2-8,10,13-14,16H,9,11-12H2,1H3,(H,18,21)/t14-,16+/m0/s1. The number of aromatic nitrogens is 2. The van der Waals surface area contributed by atoms with Crippen LogP contribution >= 0.6 is 0 Å². The lowest BCUT2D eigenvalue weighted by Crippen LogP contribution is -2.34. The summed E-state index contributed by atoms with van der Waals surface area (Å²) in [5.41, 5.74) is 1.07. The average molecular weight is 299 g/mol. The van der Waals surface area contributed by atoms with Crippen molar-refractivity contribution in [3.63, 3.8) is 0 Å². The zero-order valence-electron chi connectivity index (χ0n) is 12.7. The van der Waals surface area contributed by atoms with E-state index in [0.717, 1.165) is 18.7 Å². The Morgan fingerprint density at radius 1 is 1.36 bits per heavy atom. The van der Waals surface area contributed by atoms with Crippen LogP contribution in [0.25, 0.3) is 0 Å². The van der Waals surface area contributed by atoms with E-state index in [9.17, 15) is 4.79 Å². The van der Waals surface area contributed by atoms with Crippen LogP contribution in [0.3, 0.4) is 0 Å². The van der Waals surface area contributed by atoms with E-state index in [0.29, 0.717) is 6.54 Å². The largest absolute Gasteiger partial charge is 0.372 e. The van der Waals surface area contributed by atoms with Gasteiger partial charge >= 0.3 is 0 Å². The number of carbonyl (C=O) groups excluding carboxylic acids is 1. The fourth-order valence-electron chi connectivity index (χ4n) is 2.92. The molecule has 0 spiro atoms. The first kappa shape index (κ1) is 14.8. The van der Waals surface area contributed by atoms with Crippen LogP contribution in [0.5, 0.6) is 0 Å². The molecule has 2 heterocycles. The number of nitrogens with one attached hydrogen (secondary N) is 1. The van der Waals surface area contributed by atoms with Crippen LogP contribution in [0.2, 0.25) is 0 Å². The summed E-state index contributed by atoms with van der Waals surface area (Å²) in [7, 11) is 1.92. The lowest BCUT2D eigenvalue weighted by molar-refractivity contribution is -0.122. The molecule has 2 aliphatic rings. The first-order valence-corrected chi connectivity index (χ1v) is 7.64. The summed E-state index contributed by atoms with van der Waals surface area (Å²) < 4.78 is 7.68. The molecule has 1 aromatic rings. The highest BCUT2D eigenvalue weighted by Crippen LogP contribution is 2.33. The Bertz CT molecular complexity index is 599. The molecule has 1 amide bonds. The number of aryl methyl sites for hydroxylation is 1. The highest BCUT2D eigenvalue weighted by molar-refractivity contribution is 5.82. The minimum atomic E-state index is -0.201. The number of allylic oxidation sites excluding steroid dienone is 4. The molecule has 1 N–H and O–H groups in total. The highest BCUT2D eigenvalue weighted by atomic mass is 16.5. The van der Waals surface area contributed by atoms with Crippen LogP contribution in [0.1, 0.15) is 18.2 Å². The van der Waals surface area contributed by atoms with Gasteiger partial charge in [0, 0.05) is 32.3 Å². The molecule has 1 aliphatic heterocycles. The first-order valence-electron chi connectivity index (χ1n) is 7.64. The molecule has 1 saturated heterocycles. The van der Waals surface area contributed by atoms with Crippen LogP contribution < -0.4 is 5.32 Å². The van der Waals surface area contributed by atoms with Gasteiger partial charge in [-0.3, -0.25) is 9.48 Å². The Morgan fingerprint density at radius 2 is 2.14 bits per heavy atom. The molecule has 5 nitrogen and oxygen atoms in total. The Morgan fingerprint density at radius 3 is 2.82 bits per heavy atom. The molecule has 2 atom stereocenters. The maximum atomic E-state index is 12.3. The molecule has 0 bridgehead atoms. The van der Waals surface area contributed by atoms with E-state index in [4.69, 9.17) is 4.74 Å². The van der Waals surface area contributed by atoms with Gasteiger partial charge in [-0.1, -0.05) is 36.5 Å². The van der Waals surface area contributed by atoms with E-state index < -0.39 is 0 Å². The molecule has 116 valence electrons. The van der Waals surface area contributed by atoms with Gasteiger partial charge in [0.25, 0.3) is 0 Å². The summed E-state index contributed by atoms with van der Waals surface area (Å²) in [6, 6.07) is 1.98. The molecule has 22 heavy (non-hydrogen) atoms. The van der Waals surface area contributed by atoms with E-state index in [1.54, 1.807) is 6.20 Å². The second-order valence-electron chi connectivity index (χ2n) is 5.65. The normalized spacial score (nSPS) is 24.6. The Hall–Kier alpha value is -2.14. The molecule has 5 heteroatoms. The maximum absolute atomic E-state index is 12.3. The van der Waals surface area contributed by atoms with Crippen molar-refractivity contribution in [3.05, 3.63) is 54.4 Å². The van der Waals surface area contributed by atoms with E-state index >= 15 is 0 Å². The van der Waals surface area contributed by atoms with E-state index in [1.165, 1.54) is 0 Å². The summed E-state index contributed by atoms with van der Waals surface area (Å²) in [6.07, 6.45) is 14.2. The SMILES string of the molecule is Cn1nccc1[C@@H]1OCC[C@H]1CNC(=O)C1C=CC=CC=C1. The topological polar surface area (TPSA) is 56.1 Å². The van der Waals surface area contributed by atoms with Gasteiger partial charge in [0.05, 0.1) is 11.6 Å². The first-order chi connectivity index (χ1) is 10.8. The molecule has 1 aliphatic carbocycles. The molecule has 1 fully saturated rings. The number of amides is 1. The predicted octanol–water partition coefficient (Wildman–Crippen LogP) is 1.91. The van der Waals surface area contributed by atoms with Gasteiger partial charge in [-0.05, 0) is 12.5 Å². The van der Waals surface area contributed by atoms with Crippen LogP contribution in [-0.2, 0) is 16.6 Å². The smallest absolute Gasteiger partial charge is 0.230 e. The second kappa shape index (κ2) is 6.75. The lowest BCUT2D eigenvalue weighted by Gasteiger charge is -2.20. The number of hydrogen-bond donors (Lipinski definition) is 1. The van der Waals surface area contributed by atoms with Crippen molar-refractivity contribution in [1.82, 2.24) is 15.1 Å². The molecular formula is C17H21N3O2. The lowest BCUT2D eigenvalue weighted by atomic mass is 9.98. The molecule has 0 radical (unpaired) electrons. The monoisotopic (exact) mass is 299 g/mol.